The van der Waals surface area contributed by atoms with E-state index in [1.54, 1.807) is 12.1 Å². The van der Waals surface area contributed by atoms with Crippen LogP contribution in [0.4, 0.5) is 8.78 Å². The minimum absolute atomic E-state index is 0.0255. The first-order chi connectivity index (χ1) is 14.9. The van der Waals surface area contributed by atoms with Crippen LogP contribution in [0, 0.1) is 11.6 Å². The van der Waals surface area contributed by atoms with Gasteiger partial charge in [-0.25, -0.2) is 4.39 Å². The molecule has 0 saturated heterocycles. The number of nitrogens with one attached hydrogen (secondary N) is 1. The molecule has 3 N–H and O–H groups in total. The van der Waals surface area contributed by atoms with Crippen molar-refractivity contribution >= 4 is 16.8 Å². The normalized spacial score (nSPS) is 16.1. The summed E-state index contributed by atoms with van der Waals surface area (Å²) in [6, 6.07) is 7.26. The maximum Gasteiger partial charge on any atom is 0.268 e. The van der Waals surface area contributed by atoms with Gasteiger partial charge in [0, 0.05) is 18.0 Å². The van der Waals surface area contributed by atoms with Crippen molar-refractivity contribution in [3.63, 3.8) is 0 Å². The number of fused-ring (bicyclic) bond motifs is 1. The molecule has 1 aromatic carbocycles. The monoisotopic (exact) mass is 427 g/mol. The quantitative estimate of drug-likeness (QED) is 0.652. The number of ether oxygens (including phenoxy) is 1. The highest BCUT2D eigenvalue weighted by molar-refractivity contribution is 6.03. The summed E-state index contributed by atoms with van der Waals surface area (Å²) in [6.45, 7) is 0. The van der Waals surface area contributed by atoms with Crippen molar-refractivity contribution in [1.29, 1.82) is 0 Å². The number of pyridine rings is 2. The number of H-pyrrole nitrogens is 1. The van der Waals surface area contributed by atoms with Crippen molar-refractivity contribution in [2.45, 2.75) is 50.5 Å². The van der Waals surface area contributed by atoms with E-state index in [1.165, 1.54) is 31.2 Å². The predicted molar refractivity (Wildman–Crippen MR) is 112 cm³/mol. The molecule has 0 spiro atoms. The minimum atomic E-state index is -0.885. The van der Waals surface area contributed by atoms with E-state index in [4.69, 9.17) is 10.5 Å². The summed E-state index contributed by atoms with van der Waals surface area (Å²) in [5.41, 5.74) is 6.70. The number of hydrogen-bond donors (Lipinski definition) is 2. The Morgan fingerprint density at radius 2 is 1.87 bits per heavy atom. The van der Waals surface area contributed by atoms with Crippen LogP contribution in [-0.2, 0) is 0 Å². The molecular weight excluding hydrogens is 404 g/mol. The Hall–Kier alpha value is -3.29. The minimum Gasteiger partial charge on any atom is -0.487 e. The summed E-state index contributed by atoms with van der Waals surface area (Å²) in [7, 11) is 0. The molecule has 3 aromatic rings. The molecule has 2 fully saturated rings. The lowest BCUT2D eigenvalue weighted by molar-refractivity contribution is 0.0997. The number of hydrogen-bond acceptors (Lipinski definition) is 4. The van der Waals surface area contributed by atoms with E-state index in [1.807, 2.05) is 0 Å². The smallest absolute Gasteiger partial charge is 0.268 e. The van der Waals surface area contributed by atoms with Crippen LogP contribution in [0.2, 0.25) is 0 Å². The Morgan fingerprint density at radius 3 is 2.55 bits per heavy atom. The van der Waals surface area contributed by atoms with Crippen LogP contribution in [0.1, 0.15) is 60.6 Å². The zero-order valence-electron chi connectivity index (χ0n) is 16.9. The molecule has 2 aromatic heterocycles. The van der Waals surface area contributed by atoms with Crippen molar-refractivity contribution in [2.75, 3.05) is 0 Å². The van der Waals surface area contributed by atoms with E-state index in [0.717, 1.165) is 37.4 Å². The number of nitrogens with zero attached hydrogens (tertiary/aromatic N) is 1. The molecule has 2 aliphatic rings. The van der Waals surface area contributed by atoms with Crippen LogP contribution >= 0.6 is 0 Å². The first kappa shape index (κ1) is 21.0. The van der Waals surface area contributed by atoms with Gasteiger partial charge in [0.25, 0.3) is 5.91 Å². The number of nitrogens with two attached hydrogens (primary N) is 1. The molecule has 162 valence electrons. The molecule has 5 rings (SSSR count). The zero-order valence-corrected chi connectivity index (χ0v) is 16.9. The summed E-state index contributed by atoms with van der Waals surface area (Å²) in [5, 5.41) is 0.289. The van der Waals surface area contributed by atoms with E-state index in [9.17, 15) is 18.4 Å². The highest BCUT2D eigenvalue weighted by Crippen LogP contribution is 2.33. The van der Waals surface area contributed by atoms with Gasteiger partial charge in [-0.1, -0.05) is 18.9 Å². The number of benzene rings is 1. The summed E-state index contributed by atoms with van der Waals surface area (Å²) in [4.78, 5) is 30.7. The number of carbonyl (C=O) groups excluding carboxylic acids is 1. The first-order valence-electron chi connectivity index (χ1n) is 10.4. The number of carbonyl (C=O) groups is 1. The average Bonchev–Trinajstić information content (AvgIpc) is 3.39. The lowest BCUT2D eigenvalue weighted by Crippen LogP contribution is -2.18. The first-order valence-corrected chi connectivity index (χ1v) is 10.4. The van der Waals surface area contributed by atoms with Gasteiger partial charge in [0.05, 0.1) is 17.0 Å². The molecule has 8 heteroatoms. The average molecular weight is 427 g/mol. The number of rotatable bonds is 4. The number of amides is 1. The molecule has 2 aliphatic carbocycles. The van der Waals surface area contributed by atoms with Gasteiger partial charge < -0.3 is 15.5 Å². The van der Waals surface area contributed by atoms with Crippen LogP contribution in [-0.4, -0.2) is 22.0 Å². The highest BCUT2D eigenvalue weighted by Gasteiger charge is 2.25. The van der Waals surface area contributed by atoms with Crippen molar-refractivity contribution in [3.8, 4) is 5.75 Å². The van der Waals surface area contributed by atoms with Gasteiger partial charge >= 0.3 is 0 Å². The zero-order chi connectivity index (χ0) is 22.0. The Bertz CT molecular complexity index is 1170. The third-order valence-corrected chi connectivity index (χ3v) is 5.53. The van der Waals surface area contributed by atoms with Crippen molar-refractivity contribution < 1.29 is 18.3 Å². The second kappa shape index (κ2) is 8.83. The molecule has 2 saturated carbocycles. The molecule has 0 aliphatic heterocycles. The Labute approximate surface area is 177 Å². The molecule has 0 radical (unpaired) electrons. The number of halogens is 2. The van der Waals surface area contributed by atoms with Gasteiger partial charge in [0.15, 0.2) is 17.0 Å². The summed E-state index contributed by atoms with van der Waals surface area (Å²) in [6.07, 6.45) is 8.09. The van der Waals surface area contributed by atoms with Crippen LogP contribution in [0.5, 0.6) is 5.75 Å². The van der Waals surface area contributed by atoms with Crippen LogP contribution in [0.25, 0.3) is 10.9 Å². The molecule has 0 bridgehead atoms. The van der Waals surface area contributed by atoms with Crippen LogP contribution in [0.3, 0.4) is 0 Å². The lowest BCUT2D eigenvalue weighted by atomic mass is 10.0. The van der Waals surface area contributed by atoms with Crippen LogP contribution < -0.4 is 15.9 Å². The Balaban J connectivity index is 0.000000166. The van der Waals surface area contributed by atoms with Gasteiger partial charge in [-0.15, -0.1) is 0 Å². The third kappa shape index (κ3) is 4.73. The third-order valence-electron chi connectivity index (χ3n) is 5.53. The second-order valence-electron chi connectivity index (χ2n) is 7.89. The van der Waals surface area contributed by atoms with E-state index in [0.29, 0.717) is 11.4 Å². The summed E-state index contributed by atoms with van der Waals surface area (Å²) >= 11 is 0. The maximum atomic E-state index is 12.9. The van der Waals surface area contributed by atoms with Gasteiger partial charge in [0.1, 0.15) is 5.69 Å². The number of aromatic amines is 1. The highest BCUT2D eigenvalue weighted by atomic mass is 19.2. The summed E-state index contributed by atoms with van der Waals surface area (Å²) < 4.78 is 30.6. The molecule has 6 nitrogen and oxygen atoms in total. The van der Waals surface area contributed by atoms with E-state index < -0.39 is 17.5 Å². The predicted octanol–water partition coefficient (Wildman–Crippen LogP) is 4.19. The molecule has 31 heavy (non-hydrogen) atoms. The SMILES string of the molecule is Fc1cccc(OC2CC2)c1F.NC(=O)c1nccc2[nH]c(C3CCCC3)cc(=O)c12. The van der Waals surface area contributed by atoms with Gasteiger partial charge in [-0.2, -0.15) is 4.39 Å². The van der Waals surface area contributed by atoms with Crippen molar-refractivity contribution in [2.24, 2.45) is 5.73 Å². The van der Waals surface area contributed by atoms with Gasteiger partial charge in [-0.05, 0) is 49.8 Å². The molecule has 0 atom stereocenters. The van der Waals surface area contributed by atoms with Crippen molar-refractivity contribution in [1.82, 2.24) is 9.97 Å². The molecular formula is C23H23F2N3O3. The fourth-order valence-electron chi connectivity index (χ4n) is 3.80. The van der Waals surface area contributed by atoms with Gasteiger partial charge in [0.2, 0.25) is 5.82 Å². The van der Waals surface area contributed by atoms with E-state index in [-0.39, 0.29) is 28.4 Å². The number of primary amides is 1. The fourth-order valence-corrected chi connectivity index (χ4v) is 3.80. The Kier molecular flexibility index (Phi) is 5.97. The molecule has 2 heterocycles. The van der Waals surface area contributed by atoms with Crippen LogP contribution in [0.15, 0.2) is 41.3 Å². The lowest BCUT2D eigenvalue weighted by Gasteiger charge is -2.11. The number of aromatic nitrogens is 2. The molecule has 1 amide bonds. The standard InChI is InChI=1S/C14H15N3O2.C9H8F2O/c15-14(19)13-12-9(5-6-16-13)17-10(7-11(12)18)8-3-1-2-4-8;10-7-2-1-3-8(9(7)11)12-6-4-5-6/h5-8H,1-4H2,(H2,15,19)(H,17,18);1-3,6H,4-5H2. The van der Waals surface area contributed by atoms with E-state index in [2.05, 4.69) is 9.97 Å². The van der Waals surface area contributed by atoms with Crippen molar-refractivity contribution in [3.05, 3.63) is 69.8 Å². The topological polar surface area (TPSA) is 98.1 Å². The largest absolute Gasteiger partial charge is 0.487 e. The fraction of sp³-hybridized carbons (Fsp3) is 0.348. The van der Waals surface area contributed by atoms with Gasteiger partial charge in [-0.3, -0.25) is 14.6 Å². The molecule has 0 unspecified atom stereocenters. The second-order valence-corrected chi connectivity index (χ2v) is 7.89. The van der Waals surface area contributed by atoms with E-state index >= 15 is 0 Å². The maximum absolute atomic E-state index is 12.9. The summed E-state index contributed by atoms with van der Waals surface area (Å²) in [5.74, 6) is -1.97. The Morgan fingerprint density at radius 1 is 1.13 bits per heavy atom.